The van der Waals surface area contributed by atoms with E-state index in [4.69, 9.17) is 25.7 Å². The largest absolute Gasteiger partial charge is 0.469 e. The molecule has 0 fully saturated rings. The number of carbonyl (C=O) groups is 2. The van der Waals surface area contributed by atoms with Crippen LogP contribution in [-0.2, 0) is 28.2 Å². The Morgan fingerprint density at radius 2 is 1.33 bits per heavy atom. The number of carbonyl (C=O) groups excluding carboxylic acids is 2. The standard InChI is InChI=1S/C27H25O8P/c1-3-5-7-9-11-12-13-14-15-16-18-19-21-26(28)33-23-25(24-34-36(30,31)32)35-27(29)22-20-17-10-8-6-4-2/h1,25H,4,6,8,10,17,20,22-24H2,2H3,(H2,30,31,32)/t25-/m1/s1. The highest BCUT2D eigenvalue weighted by Crippen LogP contribution is 2.35. The van der Waals surface area contributed by atoms with Crippen molar-refractivity contribution in [2.24, 2.45) is 0 Å². The fourth-order valence-electron chi connectivity index (χ4n) is 2.20. The first-order valence-electron chi connectivity index (χ1n) is 10.8. The summed E-state index contributed by atoms with van der Waals surface area (Å²) >= 11 is 0. The molecule has 0 unspecified atom stereocenters. The number of hydrogen-bond acceptors (Lipinski definition) is 6. The molecule has 186 valence electrons. The molecule has 0 bridgehead atoms. The number of phosphoric ester groups is 1. The van der Waals surface area contributed by atoms with Crippen LogP contribution in [0.25, 0.3) is 0 Å². The van der Waals surface area contributed by atoms with Crippen molar-refractivity contribution < 1.29 is 37.9 Å². The zero-order valence-electron chi connectivity index (χ0n) is 19.8. The lowest BCUT2D eigenvalue weighted by atomic mass is 10.1. The Morgan fingerprint density at radius 3 is 1.89 bits per heavy atom. The van der Waals surface area contributed by atoms with E-state index in [0.29, 0.717) is 6.42 Å². The number of unbranched alkanes of at least 4 members (excludes halogenated alkanes) is 5. The Hall–Kier alpha value is -4.03. The summed E-state index contributed by atoms with van der Waals surface area (Å²) in [6, 6.07) is 0. The average Bonchev–Trinajstić information content (AvgIpc) is 2.83. The maximum atomic E-state index is 12.0. The van der Waals surface area contributed by atoms with Gasteiger partial charge in [0.2, 0.25) is 0 Å². The van der Waals surface area contributed by atoms with Crippen molar-refractivity contribution >= 4 is 19.8 Å². The van der Waals surface area contributed by atoms with Crippen molar-refractivity contribution in [3.63, 3.8) is 0 Å². The normalized spacial score (nSPS) is 9.50. The number of terminal acetylenes is 1. The van der Waals surface area contributed by atoms with Gasteiger partial charge in [0.25, 0.3) is 0 Å². The zero-order chi connectivity index (χ0) is 26.9. The molecule has 0 aliphatic heterocycles. The van der Waals surface area contributed by atoms with E-state index < -0.39 is 39.1 Å². The molecule has 1 atom stereocenters. The van der Waals surface area contributed by atoms with E-state index in [1.165, 1.54) is 0 Å². The summed E-state index contributed by atoms with van der Waals surface area (Å²) < 4.78 is 25.3. The Kier molecular flexibility index (Phi) is 19.1. The zero-order valence-corrected chi connectivity index (χ0v) is 20.7. The highest BCUT2D eigenvalue weighted by atomic mass is 31.2. The van der Waals surface area contributed by atoms with Crippen LogP contribution >= 0.6 is 7.82 Å². The van der Waals surface area contributed by atoms with Crippen molar-refractivity contribution in [2.45, 2.75) is 58.0 Å². The molecule has 0 aromatic rings. The predicted molar refractivity (Wildman–Crippen MR) is 132 cm³/mol. The van der Waals surface area contributed by atoms with Crippen LogP contribution in [0.3, 0.4) is 0 Å². The van der Waals surface area contributed by atoms with Crippen LogP contribution < -0.4 is 0 Å². The summed E-state index contributed by atoms with van der Waals surface area (Å²) in [5, 5.41) is 0. The SMILES string of the molecule is C#CC#CC#CC#CC#CC#CC#CC(=O)OC[C@H](COP(=O)(O)O)OC(=O)CCCCCCCC. The van der Waals surface area contributed by atoms with Crippen LogP contribution in [0.2, 0.25) is 0 Å². The number of ether oxygens (including phenoxy) is 2. The van der Waals surface area contributed by atoms with Gasteiger partial charge in [-0.2, -0.15) is 0 Å². The van der Waals surface area contributed by atoms with Crippen LogP contribution in [-0.4, -0.2) is 41.0 Å². The molecule has 0 heterocycles. The summed E-state index contributed by atoms with van der Waals surface area (Å²) in [4.78, 5) is 41.5. The van der Waals surface area contributed by atoms with E-state index in [2.05, 4.69) is 88.4 Å². The van der Waals surface area contributed by atoms with Gasteiger partial charge in [0.15, 0.2) is 6.10 Å². The van der Waals surface area contributed by atoms with Gasteiger partial charge >= 0.3 is 19.8 Å². The number of esters is 2. The lowest BCUT2D eigenvalue weighted by molar-refractivity contribution is -0.158. The number of rotatable bonds is 13. The summed E-state index contributed by atoms with van der Waals surface area (Å²) in [6.45, 7) is 0.936. The maximum Gasteiger partial charge on any atom is 0.469 e. The maximum absolute atomic E-state index is 12.0. The molecule has 2 N–H and O–H groups in total. The number of phosphoric acid groups is 1. The molecular formula is C27H25O8P. The molecule has 0 aromatic heterocycles. The van der Waals surface area contributed by atoms with Crippen molar-refractivity contribution in [1.29, 1.82) is 0 Å². The van der Waals surface area contributed by atoms with Gasteiger partial charge in [-0.1, -0.05) is 39.0 Å². The predicted octanol–water partition coefficient (Wildman–Crippen LogP) is 1.95. The molecule has 0 aliphatic carbocycles. The van der Waals surface area contributed by atoms with E-state index >= 15 is 0 Å². The molecule has 8 nitrogen and oxygen atoms in total. The second-order valence-corrected chi connectivity index (χ2v) is 7.90. The van der Waals surface area contributed by atoms with Crippen LogP contribution in [0.5, 0.6) is 0 Å². The van der Waals surface area contributed by atoms with Crippen molar-refractivity contribution in [1.82, 2.24) is 0 Å². The lowest BCUT2D eigenvalue weighted by Crippen LogP contribution is -2.29. The smallest absolute Gasteiger partial charge is 0.456 e. The van der Waals surface area contributed by atoms with E-state index in [1.54, 1.807) is 0 Å². The molecule has 0 saturated carbocycles. The Bertz CT molecular complexity index is 1200. The average molecular weight is 508 g/mol. The van der Waals surface area contributed by atoms with Gasteiger partial charge in [-0.25, -0.2) is 9.36 Å². The molecule has 9 heteroatoms. The molecule has 36 heavy (non-hydrogen) atoms. The Balaban J connectivity index is 4.67. The molecule has 0 aromatic carbocycles. The lowest BCUT2D eigenvalue weighted by Gasteiger charge is -2.17. The summed E-state index contributed by atoms with van der Waals surface area (Å²) in [5.74, 6) is 28.5. The van der Waals surface area contributed by atoms with Crippen molar-refractivity contribution in [3.8, 4) is 83.4 Å². The summed E-state index contributed by atoms with van der Waals surface area (Å²) in [7, 11) is -4.81. The van der Waals surface area contributed by atoms with E-state index in [-0.39, 0.29) is 6.42 Å². The fraction of sp³-hybridized carbons (Fsp3) is 0.407. The van der Waals surface area contributed by atoms with Crippen molar-refractivity contribution in [2.75, 3.05) is 13.2 Å². The van der Waals surface area contributed by atoms with Crippen molar-refractivity contribution in [3.05, 3.63) is 0 Å². The van der Waals surface area contributed by atoms with Gasteiger partial charge in [0.05, 0.1) is 6.61 Å². The first-order chi connectivity index (χ1) is 17.3. The molecule has 0 aliphatic rings. The topological polar surface area (TPSA) is 119 Å². The van der Waals surface area contributed by atoms with E-state index in [0.717, 1.165) is 32.1 Å². The second kappa shape index (κ2) is 21.5. The van der Waals surface area contributed by atoms with Gasteiger partial charge in [-0.05, 0) is 77.5 Å². The minimum absolute atomic E-state index is 0.125. The first-order valence-corrected chi connectivity index (χ1v) is 12.3. The van der Waals surface area contributed by atoms with Crippen LogP contribution in [0.4, 0.5) is 0 Å². The number of hydrogen-bond donors (Lipinski definition) is 2. The minimum atomic E-state index is -4.81. The van der Waals surface area contributed by atoms with E-state index in [9.17, 15) is 14.2 Å². The second-order valence-electron chi connectivity index (χ2n) is 6.66. The Labute approximate surface area is 212 Å². The third-order valence-electron chi connectivity index (χ3n) is 3.72. The highest BCUT2D eigenvalue weighted by Gasteiger charge is 2.22. The molecule has 0 rings (SSSR count). The molecule has 0 saturated heterocycles. The van der Waals surface area contributed by atoms with Gasteiger partial charge in [0.1, 0.15) is 6.61 Å². The van der Waals surface area contributed by atoms with Gasteiger partial charge in [0, 0.05) is 12.3 Å². The van der Waals surface area contributed by atoms with Crippen LogP contribution in [0.15, 0.2) is 0 Å². The summed E-state index contributed by atoms with van der Waals surface area (Å²) in [5.41, 5.74) is 0. The van der Waals surface area contributed by atoms with Crippen LogP contribution in [0.1, 0.15) is 51.9 Å². The molecule has 0 radical (unpaired) electrons. The van der Waals surface area contributed by atoms with Gasteiger partial charge in [-0.15, -0.1) is 6.42 Å². The minimum Gasteiger partial charge on any atom is -0.456 e. The van der Waals surface area contributed by atoms with Crippen LogP contribution in [0, 0.1) is 83.4 Å². The highest BCUT2D eigenvalue weighted by molar-refractivity contribution is 7.46. The molecular weight excluding hydrogens is 483 g/mol. The Morgan fingerprint density at radius 1 is 0.806 bits per heavy atom. The molecule has 0 spiro atoms. The quantitative estimate of drug-likeness (QED) is 0.127. The van der Waals surface area contributed by atoms with E-state index in [1.807, 2.05) is 0 Å². The fourth-order valence-corrected chi connectivity index (χ4v) is 2.56. The monoisotopic (exact) mass is 508 g/mol. The van der Waals surface area contributed by atoms with Gasteiger partial charge < -0.3 is 19.3 Å². The third kappa shape index (κ3) is 23.1. The molecule has 0 amide bonds. The summed E-state index contributed by atoms with van der Waals surface area (Å²) in [6.07, 6.45) is 9.64. The first kappa shape index (κ1) is 32.0. The third-order valence-corrected chi connectivity index (χ3v) is 4.21. The van der Waals surface area contributed by atoms with Gasteiger partial charge in [-0.3, -0.25) is 9.32 Å².